The fourth-order valence-corrected chi connectivity index (χ4v) is 2.28. The van der Waals surface area contributed by atoms with Crippen LogP contribution in [0.15, 0.2) is 41.4 Å². The monoisotopic (exact) mass is 333 g/mol. The van der Waals surface area contributed by atoms with E-state index in [1.54, 1.807) is 24.3 Å². The molecule has 0 aliphatic rings. The SMILES string of the molecule is O=C[C@H](N=Cc1ccc2ccccc2c1O)[C@@H](O)[C@H](O)[C@H](O)CO. The van der Waals surface area contributed by atoms with Crippen molar-refractivity contribution in [3.8, 4) is 5.75 Å². The van der Waals surface area contributed by atoms with E-state index < -0.39 is 31.0 Å². The maximum atomic E-state index is 11.1. The molecule has 5 N–H and O–H groups in total. The van der Waals surface area contributed by atoms with E-state index >= 15 is 0 Å². The van der Waals surface area contributed by atoms with Crippen LogP contribution in [0.3, 0.4) is 0 Å². The number of benzene rings is 2. The first kappa shape index (κ1) is 18.0. The fourth-order valence-electron chi connectivity index (χ4n) is 2.28. The first-order valence-corrected chi connectivity index (χ1v) is 7.33. The number of phenolic OH excluding ortho intramolecular Hbond substituents is 1. The van der Waals surface area contributed by atoms with Crippen LogP contribution in [-0.4, -0.2) is 69.0 Å². The van der Waals surface area contributed by atoms with Crippen LogP contribution >= 0.6 is 0 Å². The molecule has 0 saturated heterocycles. The van der Waals surface area contributed by atoms with Crippen LogP contribution in [0.4, 0.5) is 0 Å². The van der Waals surface area contributed by atoms with Crippen molar-refractivity contribution in [3.63, 3.8) is 0 Å². The fraction of sp³-hybridized carbons (Fsp3) is 0.294. The predicted molar refractivity (Wildman–Crippen MR) is 88.2 cm³/mol. The second-order valence-corrected chi connectivity index (χ2v) is 5.36. The molecular formula is C17H19NO6. The van der Waals surface area contributed by atoms with Gasteiger partial charge in [0.25, 0.3) is 0 Å². The number of aliphatic hydroxyl groups excluding tert-OH is 4. The number of carbonyl (C=O) groups excluding carboxylic acids is 1. The first-order valence-electron chi connectivity index (χ1n) is 7.33. The van der Waals surface area contributed by atoms with Crippen molar-refractivity contribution >= 4 is 23.3 Å². The van der Waals surface area contributed by atoms with Gasteiger partial charge < -0.3 is 30.3 Å². The zero-order valence-electron chi connectivity index (χ0n) is 12.7. The minimum absolute atomic E-state index is 0.0214. The van der Waals surface area contributed by atoms with E-state index in [-0.39, 0.29) is 5.75 Å². The summed E-state index contributed by atoms with van der Waals surface area (Å²) in [5.74, 6) is -0.0214. The summed E-state index contributed by atoms with van der Waals surface area (Å²) in [4.78, 5) is 15.0. The molecule has 0 spiro atoms. The number of aromatic hydroxyl groups is 1. The Kier molecular flexibility index (Phi) is 5.99. The van der Waals surface area contributed by atoms with Crippen molar-refractivity contribution in [1.29, 1.82) is 0 Å². The molecule has 7 heteroatoms. The van der Waals surface area contributed by atoms with Gasteiger partial charge in [0.2, 0.25) is 0 Å². The quantitative estimate of drug-likeness (QED) is 0.346. The third-order valence-electron chi connectivity index (χ3n) is 3.74. The molecule has 24 heavy (non-hydrogen) atoms. The molecule has 4 atom stereocenters. The summed E-state index contributed by atoms with van der Waals surface area (Å²) < 4.78 is 0. The van der Waals surface area contributed by atoms with E-state index in [1.807, 2.05) is 12.1 Å². The molecular weight excluding hydrogens is 314 g/mol. The summed E-state index contributed by atoms with van der Waals surface area (Å²) in [7, 11) is 0. The van der Waals surface area contributed by atoms with Crippen LogP contribution in [0.25, 0.3) is 10.8 Å². The van der Waals surface area contributed by atoms with Gasteiger partial charge in [-0.2, -0.15) is 0 Å². The smallest absolute Gasteiger partial charge is 0.147 e. The summed E-state index contributed by atoms with van der Waals surface area (Å²) in [6.07, 6.45) is -3.49. The number of fused-ring (bicyclic) bond motifs is 1. The number of hydrogen-bond acceptors (Lipinski definition) is 7. The molecule has 0 unspecified atom stereocenters. The molecule has 0 aliphatic carbocycles. The maximum Gasteiger partial charge on any atom is 0.147 e. The Balaban J connectivity index is 2.25. The number of aliphatic imine (C=N–C) groups is 1. The second kappa shape index (κ2) is 7.98. The number of aldehydes is 1. The normalized spacial score (nSPS) is 16.8. The van der Waals surface area contributed by atoms with Gasteiger partial charge in [0.05, 0.1) is 6.61 Å². The zero-order valence-corrected chi connectivity index (χ0v) is 12.7. The topological polar surface area (TPSA) is 131 Å². The summed E-state index contributed by atoms with van der Waals surface area (Å²) >= 11 is 0. The number of hydrogen-bond donors (Lipinski definition) is 5. The molecule has 0 fully saturated rings. The van der Waals surface area contributed by atoms with Crippen LogP contribution < -0.4 is 0 Å². The molecule has 0 saturated carbocycles. The van der Waals surface area contributed by atoms with Gasteiger partial charge in [0, 0.05) is 17.2 Å². The van der Waals surface area contributed by atoms with Gasteiger partial charge in [-0.3, -0.25) is 4.99 Å². The van der Waals surface area contributed by atoms with Crippen molar-refractivity contribution in [2.45, 2.75) is 24.4 Å². The zero-order chi connectivity index (χ0) is 17.7. The Hall–Kier alpha value is -2.32. The van der Waals surface area contributed by atoms with Crippen molar-refractivity contribution < 1.29 is 30.3 Å². The number of carbonyl (C=O) groups is 1. The summed E-state index contributed by atoms with van der Waals surface area (Å²) in [5, 5.41) is 49.3. The summed E-state index contributed by atoms with van der Waals surface area (Å²) in [6.45, 7) is -0.765. The highest BCUT2D eigenvalue weighted by molar-refractivity contribution is 5.97. The first-order chi connectivity index (χ1) is 11.5. The van der Waals surface area contributed by atoms with E-state index in [9.17, 15) is 25.2 Å². The van der Waals surface area contributed by atoms with Crippen LogP contribution in [0, 0.1) is 0 Å². The molecule has 2 rings (SSSR count). The average Bonchev–Trinajstić information content (AvgIpc) is 2.62. The lowest BCUT2D eigenvalue weighted by molar-refractivity contribution is -0.118. The van der Waals surface area contributed by atoms with E-state index in [0.29, 0.717) is 17.2 Å². The molecule has 128 valence electrons. The lowest BCUT2D eigenvalue weighted by Crippen LogP contribution is -2.45. The predicted octanol–water partition coefficient (Wildman–Crippen LogP) is -0.393. The molecule has 0 aliphatic heterocycles. The van der Waals surface area contributed by atoms with Crippen LogP contribution in [0.1, 0.15) is 5.56 Å². The Labute approximate surface area is 138 Å². The van der Waals surface area contributed by atoms with Crippen LogP contribution in [0.2, 0.25) is 0 Å². The molecule has 0 heterocycles. The molecule has 0 amide bonds. The lowest BCUT2D eigenvalue weighted by Gasteiger charge is -2.23. The largest absolute Gasteiger partial charge is 0.507 e. The highest BCUT2D eigenvalue weighted by atomic mass is 16.4. The van der Waals surface area contributed by atoms with Gasteiger partial charge in [-0.05, 0) is 11.5 Å². The van der Waals surface area contributed by atoms with Crippen LogP contribution in [-0.2, 0) is 4.79 Å². The number of nitrogens with zero attached hydrogens (tertiary/aromatic N) is 1. The Morgan fingerprint density at radius 1 is 1.04 bits per heavy atom. The van der Waals surface area contributed by atoms with Gasteiger partial charge in [-0.1, -0.05) is 30.3 Å². The van der Waals surface area contributed by atoms with E-state index in [4.69, 9.17) is 5.11 Å². The Morgan fingerprint density at radius 3 is 2.42 bits per heavy atom. The van der Waals surface area contributed by atoms with Crippen molar-refractivity contribution in [2.75, 3.05) is 6.61 Å². The number of phenols is 1. The minimum Gasteiger partial charge on any atom is -0.507 e. The van der Waals surface area contributed by atoms with Gasteiger partial charge in [0.1, 0.15) is 36.4 Å². The van der Waals surface area contributed by atoms with Gasteiger partial charge in [-0.25, -0.2) is 0 Å². The number of rotatable bonds is 7. The summed E-state index contributed by atoms with van der Waals surface area (Å²) in [5.41, 5.74) is 0.338. The number of aliphatic hydroxyl groups is 4. The van der Waals surface area contributed by atoms with Gasteiger partial charge in [0.15, 0.2) is 0 Å². The molecule has 0 bridgehead atoms. The highest BCUT2D eigenvalue weighted by Gasteiger charge is 2.30. The van der Waals surface area contributed by atoms with E-state index in [1.165, 1.54) is 6.21 Å². The van der Waals surface area contributed by atoms with E-state index in [2.05, 4.69) is 4.99 Å². The Morgan fingerprint density at radius 2 is 1.75 bits per heavy atom. The van der Waals surface area contributed by atoms with Gasteiger partial charge in [-0.15, -0.1) is 0 Å². The third kappa shape index (κ3) is 3.77. The van der Waals surface area contributed by atoms with E-state index in [0.717, 1.165) is 5.39 Å². The molecule has 2 aromatic rings. The minimum atomic E-state index is -1.73. The van der Waals surface area contributed by atoms with Crippen molar-refractivity contribution in [1.82, 2.24) is 0 Å². The van der Waals surface area contributed by atoms with Crippen molar-refractivity contribution in [3.05, 3.63) is 42.0 Å². The molecule has 0 radical (unpaired) electrons. The highest BCUT2D eigenvalue weighted by Crippen LogP contribution is 2.27. The third-order valence-corrected chi connectivity index (χ3v) is 3.74. The molecule has 7 nitrogen and oxygen atoms in total. The Bertz CT molecular complexity index is 732. The second-order valence-electron chi connectivity index (χ2n) is 5.36. The van der Waals surface area contributed by atoms with Crippen LogP contribution in [0.5, 0.6) is 5.75 Å². The van der Waals surface area contributed by atoms with Gasteiger partial charge >= 0.3 is 0 Å². The summed E-state index contributed by atoms with van der Waals surface area (Å²) in [6, 6.07) is 9.19. The lowest BCUT2D eigenvalue weighted by atomic mass is 10.0. The maximum absolute atomic E-state index is 11.1. The average molecular weight is 333 g/mol. The molecule has 2 aromatic carbocycles. The molecule has 0 aromatic heterocycles. The standard InChI is InChI=1S/C17H19NO6/c19-8-13(16(23)17(24)14(21)9-20)18-7-11-6-5-10-3-1-2-4-12(10)15(11)22/h1-8,13-14,16-17,20-24H,9H2/t13-,14+,16+,17+/m0/s1. The van der Waals surface area contributed by atoms with Crippen molar-refractivity contribution in [2.24, 2.45) is 4.99 Å².